The van der Waals surface area contributed by atoms with E-state index in [1.807, 2.05) is 158 Å². The molecule has 7 unspecified atom stereocenters. The van der Waals surface area contributed by atoms with Crippen LogP contribution in [0.2, 0.25) is 0 Å². The van der Waals surface area contributed by atoms with Crippen LogP contribution in [0.3, 0.4) is 0 Å². The predicted octanol–water partition coefficient (Wildman–Crippen LogP) is 9.47. The summed E-state index contributed by atoms with van der Waals surface area (Å²) >= 11 is 0. The Morgan fingerprint density at radius 1 is 0.770 bits per heavy atom. The predicted molar refractivity (Wildman–Crippen MR) is 284 cm³/mol. The van der Waals surface area contributed by atoms with Gasteiger partial charge in [0.05, 0.1) is 42.9 Å². The lowest BCUT2D eigenvalue weighted by molar-refractivity contribution is -0.179. The van der Waals surface area contributed by atoms with Gasteiger partial charge in [0.1, 0.15) is 29.9 Å². The second kappa shape index (κ2) is 22.3. The van der Waals surface area contributed by atoms with Crippen LogP contribution in [0.15, 0.2) is 164 Å². The Hall–Kier alpha value is -7.56. The number of hydrogen-bond donors (Lipinski definition) is 2. The van der Waals surface area contributed by atoms with E-state index >= 15 is 19.2 Å². The molecule has 12 nitrogen and oxygen atoms in total. The number of esters is 1. The van der Waals surface area contributed by atoms with Crippen molar-refractivity contribution >= 4 is 29.5 Å². The Kier molecular flexibility index (Phi) is 15.1. The van der Waals surface area contributed by atoms with Gasteiger partial charge in [-0.3, -0.25) is 24.2 Å². The minimum Gasteiger partial charge on any atom is -0.491 e. The first-order valence-corrected chi connectivity index (χ1v) is 25.9. The third kappa shape index (κ3) is 9.71. The first kappa shape index (κ1) is 50.0. The molecular weight excluding hydrogens is 927 g/mol. The zero-order chi connectivity index (χ0) is 51.2. The molecule has 0 bridgehead atoms. The molecule has 2 N–H and O–H groups in total. The topological polar surface area (TPSA) is 132 Å². The molecule has 4 aliphatic rings. The summed E-state index contributed by atoms with van der Waals surface area (Å²) in [6.07, 6.45) is 3.57. The molecule has 74 heavy (non-hydrogen) atoms. The van der Waals surface area contributed by atoms with Gasteiger partial charge in [0, 0.05) is 25.2 Å². The van der Waals surface area contributed by atoms with Gasteiger partial charge in [-0.1, -0.05) is 165 Å². The van der Waals surface area contributed by atoms with Crippen molar-refractivity contribution in [3.05, 3.63) is 203 Å². The maximum atomic E-state index is 16.9. The number of nitrogens with one attached hydrogen (secondary N) is 1. The van der Waals surface area contributed by atoms with E-state index in [2.05, 4.69) is 39.1 Å². The van der Waals surface area contributed by atoms with Crippen LogP contribution >= 0.6 is 0 Å². The number of aliphatic hydroxyl groups excluding tert-OH is 1. The summed E-state index contributed by atoms with van der Waals surface area (Å²) in [4.78, 5) is 71.6. The highest BCUT2D eigenvalue weighted by Gasteiger charge is 2.76. The van der Waals surface area contributed by atoms with Crippen molar-refractivity contribution in [1.29, 1.82) is 0 Å². The monoisotopic (exact) mass is 989 g/mol. The van der Waals surface area contributed by atoms with E-state index in [1.165, 1.54) is 4.90 Å². The fourth-order valence-electron chi connectivity index (χ4n) is 11.9. The van der Waals surface area contributed by atoms with Crippen molar-refractivity contribution < 1.29 is 33.8 Å². The number of hydrogen-bond acceptors (Lipinski definition) is 9. The zero-order valence-electron chi connectivity index (χ0n) is 42.0. The van der Waals surface area contributed by atoms with Gasteiger partial charge in [0.25, 0.3) is 0 Å². The number of aliphatic hydroxyl groups is 1. The number of imide groups is 1. The number of rotatable bonds is 12. The van der Waals surface area contributed by atoms with Gasteiger partial charge in [-0.15, -0.1) is 0 Å². The molecular formula is C62H63N5O7. The average Bonchev–Trinajstić information content (AvgIpc) is 3.92. The number of cyclic esters (lactones) is 1. The van der Waals surface area contributed by atoms with Crippen LogP contribution in [0.5, 0.6) is 5.75 Å². The Balaban J connectivity index is 1.23. The molecule has 10 rings (SSSR count). The molecule has 6 aromatic rings. The number of carbonyl (C=O) groups excluding carboxylic acids is 4. The number of morpholine rings is 1. The van der Waals surface area contributed by atoms with E-state index in [-0.39, 0.29) is 19.1 Å². The first-order valence-electron chi connectivity index (χ1n) is 25.9. The molecule has 4 aliphatic heterocycles. The van der Waals surface area contributed by atoms with Crippen LogP contribution in [0, 0.1) is 17.8 Å². The molecule has 3 saturated heterocycles. The molecule has 3 fully saturated rings. The van der Waals surface area contributed by atoms with Crippen molar-refractivity contribution in [2.75, 3.05) is 44.8 Å². The van der Waals surface area contributed by atoms with Crippen LogP contribution in [0.25, 0.3) is 0 Å². The number of fused-ring (bicyclic) bond motifs is 3. The molecule has 4 amide bonds. The van der Waals surface area contributed by atoms with Crippen LogP contribution in [0.4, 0.5) is 10.5 Å². The van der Waals surface area contributed by atoms with Gasteiger partial charge < -0.3 is 24.8 Å². The van der Waals surface area contributed by atoms with Gasteiger partial charge in [-0.2, -0.15) is 0 Å². The Labute approximate surface area is 433 Å². The van der Waals surface area contributed by atoms with Crippen molar-refractivity contribution in [3.8, 4) is 17.6 Å². The quantitative estimate of drug-likeness (QED) is 0.0910. The second-order valence-electron chi connectivity index (χ2n) is 19.9. The minimum absolute atomic E-state index is 0.00853. The number of ether oxygens (including phenoxy) is 2. The summed E-state index contributed by atoms with van der Waals surface area (Å²) in [6, 6.07) is 47.6. The molecule has 0 aromatic heterocycles. The van der Waals surface area contributed by atoms with Crippen molar-refractivity contribution in [2.24, 2.45) is 5.92 Å². The highest BCUT2D eigenvalue weighted by atomic mass is 16.6. The number of benzene rings is 6. The Morgan fingerprint density at radius 2 is 1.41 bits per heavy atom. The van der Waals surface area contributed by atoms with E-state index in [4.69, 9.17) is 9.47 Å². The highest BCUT2D eigenvalue weighted by molar-refractivity contribution is 6.24. The lowest BCUT2D eigenvalue weighted by Gasteiger charge is -2.46. The van der Waals surface area contributed by atoms with Gasteiger partial charge in [0.2, 0.25) is 11.8 Å². The maximum absolute atomic E-state index is 16.9. The van der Waals surface area contributed by atoms with Crippen molar-refractivity contribution in [1.82, 2.24) is 20.0 Å². The molecule has 1 spiro atoms. The summed E-state index contributed by atoms with van der Waals surface area (Å²) in [6.45, 7) is 3.65. The summed E-state index contributed by atoms with van der Waals surface area (Å²) in [7, 11) is 2.01. The number of carbonyl (C=O) groups is 4. The zero-order valence-corrected chi connectivity index (χ0v) is 42.0. The summed E-state index contributed by atoms with van der Waals surface area (Å²) in [5.41, 5.74) is 3.47. The SMILES string of the molecule is CC(NC(=O)N1C(=O)C2(c3cc(C#CCN(C)Cc4ccccc4)ccc31)C(C(=O)N1CCCCCCC1)C1C(=O)OC(c3ccccc3)C(c3ccccc3)N1C2c1cccc(OCCO)c1)c1ccccc1. The molecule has 0 radical (unpaired) electrons. The first-order chi connectivity index (χ1) is 36.2. The van der Waals surface area contributed by atoms with E-state index in [0.717, 1.165) is 54.4 Å². The lowest BCUT2D eigenvalue weighted by Crippen LogP contribution is -2.57. The molecule has 0 saturated carbocycles. The molecule has 12 heteroatoms. The summed E-state index contributed by atoms with van der Waals surface area (Å²) in [5.74, 6) is 4.16. The average molecular weight is 990 g/mol. The summed E-state index contributed by atoms with van der Waals surface area (Å²) < 4.78 is 12.8. The normalized spacial score (nSPS) is 22.9. The third-order valence-electron chi connectivity index (χ3n) is 15.1. The number of anilines is 1. The van der Waals surface area contributed by atoms with Crippen LogP contribution in [-0.4, -0.2) is 89.6 Å². The Morgan fingerprint density at radius 3 is 2.09 bits per heavy atom. The molecule has 4 heterocycles. The van der Waals surface area contributed by atoms with E-state index < -0.39 is 59.5 Å². The van der Waals surface area contributed by atoms with Crippen LogP contribution < -0.4 is 15.0 Å². The molecule has 378 valence electrons. The van der Waals surface area contributed by atoms with Gasteiger partial charge >= 0.3 is 12.0 Å². The number of amides is 4. The maximum Gasteiger partial charge on any atom is 0.329 e. The number of likely N-dealkylation sites (tertiary alicyclic amines) is 1. The minimum atomic E-state index is -1.94. The molecule has 6 aromatic carbocycles. The lowest BCUT2D eigenvalue weighted by atomic mass is 9.64. The van der Waals surface area contributed by atoms with Crippen molar-refractivity contribution in [3.63, 3.8) is 0 Å². The van der Waals surface area contributed by atoms with Crippen molar-refractivity contribution in [2.45, 2.75) is 81.3 Å². The van der Waals surface area contributed by atoms with Gasteiger partial charge in [-0.05, 0) is 90.5 Å². The fourth-order valence-corrected chi connectivity index (χ4v) is 11.9. The van der Waals surface area contributed by atoms with E-state index in [0.29, 0.717) is 54.3 Å². The van der Waals surface area contributed by atoms with E-state index in [9.17, 15) is 5.11 Å². The number of nitrogens with zero attached hydrogens (tertiary/aromatic N) is 4. The number of urea groups is 1. The second-order valence-corrected chi connectivity index (χ2v) is 19.9. The van der Waals surface area contributed by atoms with Crippen LogP contribution in [0.1, 0.15) is 102 Å². The molecule has 7 atom stereocenters. The van der Waals surface area contributed by atoms with Gasteiger partial charge in [0.15, 0.2) is 0 Å². The Bertz CT molecular complexity index is 3010. The van der Waals surface area contributed by atoms with Gasteiger partial charge in [-0.25, -0.2) is 9.69 Å². The van der Waals surface area contributed by atoms with E-state index in [1.54, 1.807) is 12.1 Å². The third-order valence-corrected chi connectivity index (χ3v) is 15.1. The summed E-state index contributed by atoms with van der Waals surface area (Å²) in [5, 5.41) is 13.1. The highest BCUT2D eigenvalue weighted by Crippen LogP contribution is 2.66. The standard InChI is InChI=1S/C62H63N5O7/c1-43(46-25-12-7-13-26-46)63-61(72)66-52-34-33-44(24-21-35-64(2)42-45-22-10-6-11-23-45)40-51(52)62(60(66)71)53(58(69)65-36-18-4-3-5-19-37-65)55-59(70)74-56(48-29-16-9-17-30-48)54(47-27-14-8-15-28-47)67(55)57(62)49-31-20-32-50(41-49)73-39-38-68/h6-17,20,22-23,25-34,40-41,43,53-57,68H,3-5,18-19,35-39,42H2,1-2H3,(H,63,72). The fraction of sp³-hybridized carbons (Fsp3) is 0.323. The largest absolute Gasteiger partial charge is 0.491 e. The smallest absolute Gasteiger partial charge is 0.329 e. The van der Waals surface area contributed by atoms with Crippen LogP contribution in [-0.2, 0) is 31.1 Å². The molecule has 0 aliphatic carbocycles.